The monoisotopic (exact) mass is 541 g/mol. The molecular formula is C26H22ClF2N5O4. The highest BCUT2D eigenvalue weighted by Crippen LogP contribution is 2.29. The van der Waals surface area contributed by atoms with Gasteiger partial charge in [-0.1, -0.05) is 11.6 Å². The normalized spacial score (nSPS) is 11.4. The zero-order valence-corrected chi connectivity index (χ0v) is 21.5. The fraction of sp³-hybridized carbons (Fsp3) is 0.231. The molecule has 0 spiro atoms. The lowest BCUT2D eigenvalue weighted by Crippen LogP contribution is -2.31. The maximum Gasteiger partial charge on any atom is 0.316 e. The van der Waals surface area contributed by atoms with Crippen LogP contribution in [0.2, 0.25) is 5.02 Å². The van der Waals surface area contributed by atoms with Gasteiger partial charge in [-0.05, 0) is 39.8 Å². The van der Waals surface area contributed by atoms with Crippen molar-refractivity contribution in [1.82, 2.24) is 24.5 Å². The number of aliphatic carboxylic acids is 1. The predicted octanol–water partition coefficient (Wildman–Crippen LogP) is 4.57. The first-order chi connectivity index (χ1) is 17.9. The molecule has 4 rings (SSSR count). The molecule has 4 aromatic rings. The molecule has 0 aliphatic heterocycles. The minimum Gasteiger partial charge on any atom is -0.485 e. The van der Waals surface area contributed by atoms with E-state index < -0.39 is 28.6 Å². The summed E-state index contributed by atoms with van der Waals surface area (Å²) in [5.41, 5.74) is 0.247. The Morgan fingerprint density at radius 2 is 1.84 bits per heavy atom. The highest BCUT2D eigenvalue weighted by atomic mass is 35.5. The topological polar surface area (TPSA) is 120 Å². The van der Waals surface area contributed by atoms with Gasteiger partial charge in [0.15, 0.2) is 5.82 Å². The van der Waals surface area contributed by atoms with Crippen molar-refractivity contribution in [2.45, 2.75) is 39.7 Å². The van der Waals surface area contributed by atoms with Crippen LogP contribution in [-0.2, 0) is 16.8 Å². The Hall–Kier alpha value is -4.25. The number of carboxylic acid groups (broad SMARTS) is 1. The van der Waals surface area contributed by atoms with Gasteiger partial charge >= 0.3 is 5.97 Å². The molecule has 0 aromatic carbocycles. The molecule has 0 amide bonds. The van der Waals surface area contributed by atoms with Crippen molar-refractivity contribution in [3.8, 4) is 22.8 Å². The number of carboxylic acids is 1. The second-order valence-electron chi connectivity index (χ2n) is 8.97. The fourth-order valence-electron chi connectivity index (χ4n) is 3.69. The maximum atomic E-state index is 13.9. The molecule has 0 aliphatic carbocycles. The quantitative estimate of drug-likeness (QED) is 0.361. The van der Waals surface area contributed by atoms with Gasteiger partial charge in [-0.25, -0.2) is 18.7 Å². The van der Waals surface area contributed by atoms with Crippen molar-refractivity contribution >= 4 is 17.6 Å². The Bertz CT molecular complexity index is 1620. The minimum atomic E-state index is -1.33. The minimum absolute atomic E-state index is 0.0132. The van der Waals surface area contributed by atoms with E-state index in [-0.39, 0.29) is 28.9 Å². The zero-order valence-electron chi connectivity index (χ0n) is 20.8. The average molecular weight is 542 g/mol. The lowest BCUT2D eigenvalue weighted by atomic mass is 9.92. The van der Waals surface area contributed by atoms with Gasteiger partial charge in [0.05, 0.1) is 23.3 Å². The molecule has 0 bridgehead atoms. The Kier molecular flexibility index (Phi) is 7.23. The van der Waals surface area contributed by atoms with E-state index in [1.54, 1.807) is 26.0 Å². The highest BCUT2D eigenvalue weighted by Gasteiger charge is 2.33. The maximum absolute atomic E-state index is 13.9. The molecule has 12 heteroatoms. The Morgan fingerprint density at radius 3 is 2.53 bits per heavy atom. The first-order valence-electron chi connectivity index (χ1n) is 11.3. The molecule has 196 valence electrons. The Morgan fingerprint density at radius 1 is 1.13 bits per heavy atom. The summed E-state index contributed by atoms with van der Waals surface area (Å²) in [6, 6.07) is 5.43. The summed E-state index contributed by atoms with van der Waals surface area (Å²) in [4.78, 5) is 41.6. The SMILES string of the molecule is Cc1c(-n2c(C)cc(OCc3ncc(F)cc3F)c(Cl)c2=O)ccnc1-c1ccnc(C(C)(C)C(=O)O)n1. The average Bonchev–Trinajstić information content (AvgIpc) is 2.87. The van der Waals surface area contributed by atoms with Crippen LogP contribution in [0.1, 0.15) is 36.6 Å². The van der Waals surface area contributed by atoms with E-state index in [1.807, 2.05) is 0 Å². The first kappa shape index (κ1) is 26.8. The molecule has 0 saturated heterocycles. The second-order valence-corrected chi connectivity index (χ2v) is 9.35. The van der Waals surface area contributed by atoms with Gasteiger partial charge in [-0.3, -0.25) is 24.1 Å². The van der Waals surface area contributed by atoms with Crippen molar-refractivity contribution in [2.75, 3.05) is 0 Å². The summed E-state index contributed by atoms with van der Waals surface area (Å²) in [5, 5.41) is 9.30. The van der Waals surface area contributed by atoms with Crippen LogP contribution in [0.3, 0.4) is 0 Å². The van der Waals surface area contributed by atoms with E-state index in [4.69, 9.17) is 16.3 Å². The van der Waals surface area contributed by atoms with Crippen LogP contribution in [0.4, 0.5) is 8.78 Å². The van der Waals surface area contributed by atoms with Crippen LogP contribution in [-0.4, -0.2) is 35.6 Å². The largest absolute Gasteiger partial charge is 0.485 e. The van der Waals surface area contributed by atoms with Crippen LogP contribution >= 0.6 is 11.6 Å². The van der Waals surface area contributed by atoms with Crippen molar-refractivity contribution in [3.05, 3.63) is 92.6 Å². The first-order valence-corrected chi connectivity index (χ1v) is 11.7. The molecule has 0 aliphatic rings. The van der Waals surface area contributed by atoms with Crippen molar-refractivity contribution in [2.24, 2.45) is 0 Å². The summed E-state index contributed by atoms with van der Waals surface area (Å²) >= 11 is 6.34. The van der Waals surface area contributed by atoms with Gasteiger partial charge in [0.25, 0.3) is 5.56 Å². The number of halogens is 3. The van der Waals surface area contributed by atoms with Gasteiger partial charge in [-0.15, -0.1) is 0 Å². The predicted molar refractivity (Wildman–Crippen MR) is 134 cm³/mol. The number of nitrogens with zero attached hydrogens (tertiary/aromatic N) is 5. The lowest BCUT2D eigenvalue weighted by molar-refractivity contribution is -0.142. The standard InChI is InChI=1S/C26H22ClF2N5O4/c1-13-9-20(38-12-18-16(29)10-15(28)11-32-18)21(27)23(35)34(13)19-6-8-30-22(14(19)2)17-5-7-31-24(33-17)26(3,4)25(36)37/h5-11H,12H2,1-4H3,(H,36,37). The van der Waals surface area contributed by atoms with Crippen molar-refractivity contribution in [3.63, 3.8) is 0 Å². The number of aryl methyl sites for hydroxylation is 1. The molecule has 0 atom stereocenters. The van der Waals surface area contributed by atoms with Crippen LogP contribution in [0.5, 0.6) is 5.75 Å². The molecule has 0 saturated carbocycles. The van der Waals surface area contributed by atoms with Crippen LogP contribution in [0, 0.1) is 25.5 Å². The number of carbonyl (C=O) groups is 1. The van der Waals surface area contributed by atoms with Gasteiger partial charge in [0.1, 0.15) is 40.1 Å². The molecule has 0 unspecified atom stereocenters. The number of aromatic nitrogens is 5. The molecule has 1 N–H and O–H groups in total. The molecule has 38 heavy (non-hydrogen) atoms. The third-order valence-electron chi connectivity index (χ3n) is 5.96. The molecule has 9 nitrogen and oxygen atoms in total. The van der Waals surface area contributed by atoms with E-state index in [9.17, 15) is 23.5 Å². The lowest BCUT2D eigenvalue weighted by Gasteiger charge is -2.19. The number of hydrogen-bond acceptors (Lipinski definition) is 7. The van der Waals surface area contributed by atoms with Crippen molar-refractivity contribution in [1.29, 1.82) is 0 Å². The zero-order chi connectivity index (χ0) is 27.8. The number of rotatable bonds is 7. The Balaban J connectivity index is 1.73. The van der Waals surface area contributed by atoms with E-state index in [0.717, 1.165) is 6.20 Å². The molecule has 4 aromatic heterocycles. The number of pyridine rings is 3. The van der Waals surface area contributed by atoms with E-state index in [2.05, 4.69) is 19.9 Å². The summed E-state index contributed by atoms with van der Waals surface area (Å²) < 4.78 is 33.9. The highest BCUT2D eigenvalue weighted by molar-refractivity contribution is 6.31. The molecule has 4 heterocycles. The number of hydrogen-bond donors (Lipinski definition) is 1. The van der Waals surface area contributed by atoms with Crippen LogP contribution < -0.4 is 10.3 Å². The fourth-order valence-corrected chi connectivity index (χ4v) is 3.89. The van der Waals surface area contributed by atoms with Crippen molar-refractivity contribution < 1.29 is 23.4 Å². The van der Waals surface area contributed by atoms with Gasteiger partial charge in [0.2, 0.25) is 0 Å². The third kappa shape index (κ3) is 4.97. The molecule has 0 fully saturated rings. The third-order valence-corrected chi connectivity index (χ3v) is 6.30. The van der Waals surface area contributed by atoms with E-state index >= 15 is 0 Å². The smallest absolute Gasteiger partial charge is 0.316 e. The summed E-state index contributed by atoms with van der Waals surface area (Å²) in [6.07, 6.45) is 3.81. The van der Waals surface area contributed by atoms with Gasteiger partial charge in [0, 0.05) is 35.8 Å². The van der Waals surface area contributed by atoms with Gasteiger partial charge < -0.3 is 9.84 Å². The molecule has 0 radical (unpaired) electrons. The Labute approximate surface area is 220 Å². The van der Waals surface area contributed by atoms with Crippen LogP contribution in [0.25, 0.3) is 17.1 Å². The second kappa shape index (κ2) is 10.3. The van der Waals surface area contributed by atoms with E-state index in [0.29, 0.717) is 34.4 Å². The van der Waals surface area contributed by atoms with Gasteiger partial charge in [-0.2, -0.15) is 0 Å². The summed E-state index contributed by atoms with van der Waals surface area (Å²) in [7, 11) is 0. The van der Waals surface area contributed by atoms with Crippen LogP contribution in [0.15, 0.2) is 47.7 Å². The summed E-state index contributed by atoms with van der Waals surface area (Å²) in [5.74, 6) is -2.66. The number of ether oxygens (including phenoxy) is 1. The molecular weight excluding hydrogens is 520 g/mol. The summed E-state index contributed by atoms with van der Waals surface area (Å²) in [6.45, 7) is 6.05. The van der Waals surface area contributed by atoms with E-state index in [1.165, 1.54) is 36.9 Å².